The van der Waals surface area contributed by atoms with E-state index in [2.05, 4.69) is 0 Å². The highest BCUT2D eigenvalue weighted by atomic mass is 32.2. The second-order valence-electron chi connectivity index (χ2n) is 2.59. The molecule has 0 saturated carbocycles. The van der Waals surface area contributed by atoms with Crippen LogP contribution in [0.3, 0.4) is 0 Å². The van der Waals surface area contributed by atoms with Crippen LogP contribution in [0.4, 0.5) is 0 Å². The van der Waals surface area contributed by atoms with E-state index in [4.69, 9.17) is 0 Å². The van der Waals surface area contributed by atoms with Crippen LogP contribution in [0.2, 0.25) is 0 Å². The number of aryl methyl sites for hydroxylation is 1. The number of rotatable bonds is 1. The summed E-state index contributed by atoms with van der Waals surface area (Å²) in [6.45, 7) is 5.87. The summed E-state index contributed by atoms with van der Waals surface area (Å²) in [6, 6.07) is 6.87. The largest absolute Gasteiger partial charge is 0.224 e. The average Bonchev–Trinajstić information content (AvgIpc) is 2.06. The van der Waals surface area contributed by atoms with E-state index in [0.717, 1.165) is 5.56 Å². The Balaban J connectivity index is 0.000000671. The minimum absolute atomic E-state index is 0.387. The third kappa shape index (κ3) is 4.08. The van der Waals surface area contributed by atoms with E-state index < -0.39 is 9.84 Å². The fourth-order valence-electron chi connectivity index (χ4n) is 0.846. The fraction of sp³-hybridized carbons (Fsp3) is 0.400. The van der Waals surface area contributed by atoms with E-state index in [-0.39, 0.29) is 0 Å². The zero-order valence-electron chi connectivity index (χ0n) is 8.53. The molecule has 0 heterocycles. The van der Waals surface area contributed by atoms with Crippen molar-refractivity contribution >= 4 is 9.84 Å². The number of benzene rings is 1. The van der Waals surface area contributed by atoms with Crippen LogP contribution in [0.15, 0.2) is 29.2 Å². The van der Waals surface area contributed by atoms with Gasteiger partial charge in [-0.25, -0.2) is 8.42 Å². The van der Waals surface area contributed by atoms with Crippen LogP contribution in [0.1, 0.15) is 19.4 Å². The van der Waals surface area contributed by atoms with Crippen molar-refractivity contribution in [1.29, 1.82) is 0 Å². The summed E-state index contributed by atoms with van der Waals surface area (Å²) in [6.07, 6.45) is 1.21. The molecule has 0 amide bonds. The molecule has 0 radical (unpaired) electrons. The first-order chi connectivity index (χ1) is 6.00. The molecule has 1 rings (SSSR count). The SMILES string of the molecule is CC.Cc1cccc(S(C)(=O)=O)c1. The molecule has 0 aliphatic carbocycles. The van der Waals surface area contributed by atoms with Crippen molar-refractivity contribution in [2.24, 2.45) is 0 Å². The maximum absolute atomic E-state index is 11.0. The van der Waals surface area contributed by atoms with Gasteiger partial charge in [0.1, 0.15) is 0 Å². The van der Waals surface area contributed by atoms with E-state index >= 15 is 0 Å². The van der Waals surface area contributed by atoms with Gasteiger partial charge < -0.3 is 0 Å². The molecule has 0 atom stereocenters. The van der Waals surface area contributed by atoms with Gasteiger partial charge >= 0.3 is 0 Å². The Morgan fingerprint density at radius 3 is 2.00 bits per heavy atom. The first kappa shape index (κ1) is 12.2. The zero-order chi connectivity index (χ0) is 10.5. The number of hydrogen-bond donors (Lipinski definition) is 0. The second kappa shape index (κ2) is 5.02. The number of hydrogen-bond acceptors (Lipinski definition) is 2. The minimum atomic E-state index is -3.03. The Kier molecular flexibility index (Phi) is 4.70. The lowest BCUT2D eigenvalue weighted by Gasteiger charge is -1.97. The summed E-state index contributed by atoms with van der Waals surface area (Å²) in [4.78, 5) is 0.387. The van der Waals surface area contributed by atoms with E-state index in [1.807, 2.05) is 26.8 Å². The van der Waals surface area contributed by atoms with Gasteiger partial charge in [-0.3, -0.25) is 0 Å². The van der Waals surface area contributed by atoms with Gasteiger partial charge in [-0.05, 0) is 24.6 Å². The molecule has 0 N–H and O–H groups in total. The highest BCUT2D eigenvalue weighted by molar-refractivity contribution is 7.90. The summed E-state index contributed by atoms with van der Waals surface area (Å²) in [7, 11) is -3.03. The van der Waals surface area contributed by atoms with Crippen LogP contribution >= 0.6 is 0 Å². The number of sulfone groups is 1. The minimum Gasteiger partial charge on any atom is -0.224 e. The molecule has 0 saturated heterocycles. The van der Waals surface area contributed by atoms with Gasteiger partial charge in [0.25, 0.3) is 0 Å². The summed E-state index contributed by atoms with van der Waals surface area (Å²) in [5.74, 6) is 0. The zero-order valence-corrected chi connectivity index (χ0v) is 9.35. The molecule has 1 aromatic rings. The molecule has 0 aliphatic rings. The molecule has 0 fully saturated rings. The molecule has 0 aliphatic heterocycles. The van der Waals surface area contributed by atoms with Crippen molar-refractivity contribution in [2.75, 3.05) is 6.26 Å². The Hall–Kier alpha value is -0.830. The predicted octanol–water partition coefficient (Wildman–Crippen LogP) is 2.42. The molecule has 0 bridgehead atoms. The van der Waals surface area contributed by atoms with Gasteiger partial charge in [0.05, 0.1) is 4.90 Å². The summed E-state index contributed by atoms with van der Waals surface area (Å²) >= 11 is 0. The molecule has 1 aromatic carbocycles. The van der Waals surface area contributed by atoms with E-state index in [0.29, 0.717) is 4.90 Å². The van der Waals surface area contributed by atoms with E-state index in [1.165, 1.54) is 6.26 Å². The first-order valence-corrected chi connectivity index (χ1v) is 6.16. The van der Waals surface area contributed by atoms with E-state index in [1.54, 1.807) is 18.2 Å². The van der Waals surface area contributed by atoms with Gasteiger partial charge in [-0.1, -0.05) is 26.0 Å². The molecule has 2 nitrogen and oxygen atoms in total. The smallest absolute Gasteiger partial charge is 0.175 e. The third-order valence-electron chi connectivity index (χ3n) is 1.42. The van der Waals surface area contributed by atoms with Crippen molar-refractivity contribution in [2.45, 2.75) is 25.7 Å². The highest BCUT2D eigenvalue weighted by Crippen LogP contribution is 2.09. The molecular formula is C10H16O2S. The first-order valence-electron chi connectivity index (χ1n) is 4.27. The molecular weight excluding hydrogens is 184 g/mol. The lowest BCUT2D eigenvalue weighted by Crippen LogP contribution is -1.96. The van der Waals surface area contributed by atoms with Crippen molar-refractivity contribution in [3.8, 4) is 0 Å². The van der Waals surface area contributed by atoms with Gasteiger partial charge in [-0.15, -0.1) is 0 Å². The van der Waals surface area contributed by atoms with Gasteiger partial charge in [0, 0.05) is 6.26 Å². The average molecular weight is 200 g/mol. The van der Waals surface area contributed by atoms with Crippen LogP contribution in [0.5, 0.6) is 0 Å². The van der Waals surface area contributed by atoms with Gasteiger partial charge in [0.2, 0.25) is 0 Å². The predicted molar refractivity (Wildman–Crippen MR) is 55.6 cm³/mol. The fourth-order valence-corrected chi connectivity index (χ4v) is 1.57. The van der Waals surface area contributed by atoms with Crippen molar-refractivity contribution in [3.05, 3.63) is 29.8 Å². The Bertz CT molecular complexity index is 353. The molecule has 0 spiro atoms. The maximum Gasteiger partial charge on any atom is 0.175 e. The lowest BCUT2D eigenvalue weighted by molar-refractivity contribution is 0.602. The van der Waals surface area contributed by atoms with Crippen LogP contribution in [0, 0.1) is 6.92 Å². The summed E-state index contributed by atoms with van der Waals surface area (Å²) < 4.78 is 22.0. The molecule has 13 heavy (non-hydrogen) atoms. The van der Waals surface area contributed by atoms with Gasteiger partial charge in [-0.2, -0.15) is 0 Å². The monoisotopic (exact) mass is 200 g/mol. The Morgan fingerprint density at radius 2 is 1.69 bits per heavy atom. The summed E-state index contributed by atoms with van der Waals surface area (Å²) in [5, 5.41) is 0. The quantitative estimate of drug-likeness (QED) is 0.697. The van der Waals surface area contributed by atoms with Crippen molar-refractivity contribution in [3.63, 3.8) is 0 Å². The maximum atomic E-state index is 11.0. The lowest BCUT2D eigenvalue weighted by atomic mass is 10.2. The van der Waals surface area contributed by atoms with Gasteiger partial charge in [0.15, 0.2) is 9.84 Å². The van der Waals surface area contributed by atoms with Crippen LogP contribution in [-0.2, 0) is 9.84 Å². The molecule has 74 valence electrons. The molecule has 0 aromatic heterocycles. The molecule has 0 unspecified atom stereocenters. The standard InChI is InChI=1S/C8H10O2S.C2H6/c1-7-4-3-5-8(6-7)11(2,9)10;1-2/h3-6H,1-2H3;1-2H3. The normalized spacial score (nSPS) is 10.2. The van der Waals surface area contributed by atoms with Crippen LogP contribution in [0.25, 0.3) is 0 Å². The topological polar surface area (TPSA) is 34.1 Å². The van der Waals surface area contributed by atoms with Crippen LogP contribution < -0.4 is 0 Å². The van der Waals surface area contributed by atoms with E-state index in [9.17, 15) is 8.42 Å². The Morgan fingerprint density at radius 1 is 1.15 bits per heavy atom. The molecule has 3 heteroatoms. The Labute approximate surface area is 80.5 Å². The van der Waals surface area contributed by atoms with Crippen molar-refractivity contribution < 1.29 is 8.42 Å². The summed E-state index contributed by atoms with van der Waals surface area (Å²) in [5.41, 5.74) is 0.966. The van der Waals surface area contributed by atoms with Crippen LogP contribution in [-0.4, -0.2) is 14.7 Å². The second-order valence-corrected chi connectivity index (χ2v) is 4.60. The third-order valence-corrected chi connectivity index (χ3v) is 2.53. The highest BCUT2D eigenvalue weighted by Gasteiger charge is 2.04. The van der Waals surface area contributed by atoms with Crippen molar-refractivity contribution in [1.82, 2.24) is 0 Å².